The Hall–Kier alpha value is -3.62. The van der Waals surface area contributed by atoms with Gasteiger partial charge >= 0.3 is 0 Å². The van der Waals surface area contributed by atoms with Crippen molar-refractivity contribution >= 4 is 11.6 Å². The van der Waals surface area contributed by atoms with Crippen molar-refractivity contribution in [2.24, 2.45) is 0 Å². The quantitative estimate of drug-likeness (QED) is 0.474. The summed E-state index contributed by atoms with van der Waals surface area (Å²) in [7, 11) is 0. The topological polar surface area (TPSA) is 102 Å². The molecule has 1 saturated heterocycles. The van der Waals surface area contributed by atoms with E-state index < -0.39 is 4.92 Å². The number of likely N-dealkylation sites (tertiary alicyclic amines) is 1. The van der Waals surface area contributed by atoms with Crippen molar-refractivity contribution in [3.8, 4) is 11.4 Å². The summed E-state index contributed by atoms with van der Waals surface area (Å²) >= 11 is 0. The van der Waals surface area contributed by atoms with E-state index >= 15 is 0 Å². The fourth-order valence-corrected chi connectivity index (χ4v) is 3.67. The van der Waals surface area contributed by atoms with Crippen LogP contribution in [-0.2, 0) is 0 Å². The maximum absolute atomic E-state index is 13.1. The van der Waals surface area contributed by atoms with Crippen LogP contribution in [-0.4, -0.2) is 39.0 Å². The lowest BCUT2D eigenvalue weighted by molar-refractivity contribution is -0.385. The molecule has 3 aromatic rings. The highest BCUT2D eigenvalue weighted by molar-refractivity contribution is 5.96. The Balaban J connectivity index is 1.43. The fraction of sp³-hybridized carbons (Fsp3) is 0.286. The van der Waals surface area contributed by atoms with Crippen LogP contribution in [0.15, 0.2) is 47.0 Å². The van der Waals surface area contributed by atoms with E-state index in [1.165, 1.54) is 24.3 Å². The number of nitro benzene ring substituents is 1. The fourth-order valence-electron chi connectivity index (χ4n) is 3.67. The number of halogens is 1. The number of amides is 1. The minimum atomic E-state index is -0.480. The molecule has 0 radical (unpaired) electrons. The van der Waals surface area contributed by atoms with Gasteiger partial charge in [0, 0.05) is 41.8 Å². The summed E-state index contributed by atoms with van der Waals surface area (Å²) in [5.41, 5.74) is 1.32. The molecule has 0 saturated carbocycles. The van der Waals surface area contributed by atoms with Gasteiger partial charge in [-0.25, -0.2) is 4.39 Å². The SMILES string of the molecule is Cc1c(C(=O)N2CCC(c3nc(-c4ccc(F)cc4)no3)CC2)cccc1[N+](=O)[O-]. The summed E-state index contributed by atoms with van der Waals surface area (Å²) in [6.07, 6.45) is 1.29. The second kappa shape index (κ2) is 8.02. The number of piperidine rings is 1. The molecule has 0 N–H and O–H groups in total. The van der Waals surface area contributed by atoms with Crippen molar-refractivity contribution in [1.29, 1.82) is 0 Å². The van der Waals surface area contributed by atoms with E-state index in [1.807, 2.05) is 0 Å². The molecule has 0 atom stereocenters. The third-order valence-corrected chi connectivity index (χ3v) is 5.41. The van der Waals surface area contributed by atoms with Crippen LogP contribution in [0.5, 0.6) is 0 Å². The Morgan fingerprint density at radius 2 is 1.90 bits per heavy atom. The van der Waals surface area contributed by atoms with E-state index in [1.54, 1.807) is 30.0 Å². The zero-order chi connectivity index (χ0) is 21.3. The Labute approximate surface area is 171 Å². The molecule has 30 heavy (non-hydrogen) atoms. The third-order valence-electron chi connectivity index (χ3n) is 5.41. The van der Waals surface area contributed by atoms with Crippen LogP contribution in [0.1, 0.15) is 40.6 Å². The van der Waals surface area contributed by atoms with E-state index in [0.717, 1.165) is 0 Å². The Kier molecular flexibility index (Phi) is 5.26. The van der Waals surface area contributed by atoms with Crippen molar-refractivity contribution in [2.45, 2.75) is 25.7 Å². The first-order chi connectivity index (χ1) is 14.4. The van der Waals surface area contributed by atoms with Crippen LogP contribution in [0, 0.1) is 22.9 Å². The van der Waals surface area contributed by atoms with Crippen LogP contribution in [0.3, 0.4) is 0 Å². The first kappa shape index (κ1) is 19.7. The minimum Gasteiger partial charge on any atom is -0.339 e. The summed E-state index contributed by atoms with van der Waals surface area (Å²) in [6.45, 7) is 2.56. The minimum absolute atomic E-state index is 0.0157. The first-order valence-electron chi connectivity index (χ1n) is 9.57. The van der Waals surface area contributed by atoms with E-state index in [0.29, 0.717) is 54.3 Å². The number of hydrogen-bond donors (Lipinski definition) is 0. The van der Waals surface area contributed by atoms with Gasteiger partial charge in [0.15, 0.2) is 0 Å². The van der Waals surface area contributed by atoms with Gasteiger partial charge in [0.1, 0.15) is 5.82 Å². The summed E-state index contributed by atoms with van der Waals surface area (Å²) in [5, 5.41) is 15.1. The summed E-state index contributed by atoms with van der Waals surface area (Å²) < 4.78 is 18.5. The monoisotopic (exact) mass is 410 g/mol. The lowest BCUT2D eigenvalue weighted by atomic mass is 9.95. The molecule has 0 bridgehead atoms. The lowest BCUT2D eigenvalue weighted by Gasteiger charge is -2.30. The number of rotatable bonds is 4. The van der Waals surface area contributed by atoms with E-state index in [-0.39, 0.29) is 23.3 Å². The first-order valence-corrected chi connectivity index (χ1v) is 9.57. The third kappa shape index (κ3) is 3.78. The van der Waals surface area contributed by atoms with Crippen LogP contribution < -0.4 is 0 Å². The van der Waals surface area contributed by atoms with Crippen LogP contribution >= 0.6 is 0 Å². The molecule has 1 aliphatic rings. The van der Waals surface area contributed by atoms with Crippen molar-refractivity contribution < 1.29 is 18.6 Å². The molecule has 154 valence electrons. The van der Waals surface area contributed by atoms with Gasteiger partial charge in [0.25, 0.3) is 11.6 Å². The van der Waals surface area contributed by atoms with Crippen molar-refractivity contribution in [1.82, 2.24) is 15.0 Å². The molecule has 9 heteroatoms. The predicted molar refractivity (Wildman–Crippen MR) is 105 cm³/mol. The van der Waals surface area contributed by atoms with E-state index in [9.17, 15) is 19.3 Å². The van der Waals surface area contributed by atoms with Crippen LogP contribution in [0.2, 0.25) is 0 Å². The normalized spacial score (nSPS) is 14.7. The number of carbonyl (C=O) groups is 1. The maximum atomic E-state index is 13.1. The summed E-state index contributed by atoms with van der Waals surface area (Å²) in [4.78, 5) is 29.7. The van der Waals surface area contributed by atoms with Gasteiger partial charge in [-0.05, 0) is 50.1 Å². The Morgan fingerprint density at radius 3 is 2.57 bits per heavy atom. The number of carbonyl (C=O) groups excluding carboxylic acids is 1. The van der Waals surface area contributed by atoms with Gasteiger partial charge in [-0.3, -0.25) is 14.9 Å². The molecule has 2 aromatic carbocycles. The molecule has 8 nitrogen and oxygen atoms in total. The average molecular weight is 410 g/mol. The molecule has 0 spiro atoms. The molecule has 4 rings (SSSR count). The molecule has 0 unspecified atom stereocenters. The Bertz CT molecular complexity index is 1090. The van der Waals surface area contributed by atoms with Crippen LogP contribution in [0.25, 0.3) is 11.4 Å². The largest absolute Gasteiger partial charge is 0.339 e. The molecular weight excluding hydrogens is 391 g/mol. The van der Waals surface area contributed by atoms with Gasteiger partial charge < -0.3 is 9.42 Å². The van der Waals surface area contributed by atoms with Crippen molar-refractivity contribution in [3.05, 3.63) is 75.4 Å². The van der Waals surface area contributed by atoms with Gasteiger partial charge in [-0.2, -0.15) is 4.98 Å². The molecule has 1 aliphatic heterocycles. The second-order valence-electron chi connectivity index (χ2n) is 7.24. The second-order valence-corrected chi connectivity index (χ2v) is 7.24. The number of nitro groups is 1. The highest BCUT2D eigenvalue weighted by atomic mass is 19.1. The maximum Gasteiger partial charge on any atom is 0.273 e. The van der Waals surface area contributed by atoms with Gasteiger partial charge in [-0.15, -0.1) is 0 Å². The van der Waals surface area contributed by atoms with Gasteiger partial charge in [-0.1, -0.05) is 11.2 Å². The number of aromatic nitrogens is 2. The zero-order valence-corrected chi connectivity index (χ0v) is 16.2. The molecular formula is C21H19FN4O4. The average Bonchev–Trinajstić information content (AvgIpc) is 3.24. The van der Waals surface area contributed by atoms with Gasteiger partial charge in [0.2, 0.25) is 11.7 Å². The number of hydrogen-bond acceptors (Lipinski definition) is 6. The molecule has 1 fully saturated rings. The highest BCUT2D eigenvalue weighted by Crippen LogP contribution is 2.30. The van der Waals surface area contributed by atoms with Crippen molar-refractivity contribution in [3.63, 3.8) is 0 Å². The zero-order valence-electron chi connectivity index (χ0n) is 16.2. The van der Waals surface area contributed by atoms with Gasteiger partial charge in [0.05, 0.1) is 4.92 Å². The molecule has 1 aromatic heterocycles. The van der Waals surface area contributed by atoms with E-state index in [4.69, 9.17) is 4.52 Å². The predicted octanol–water partition coefficient (Wildman–Crippen LogP) is 4.11. The Morgan fingerprint density at radius 1 is 1.20 bits per heavy atom. The molecule has 1 amide bonds. The lowest BCUT2D eigenvalue weighted by Crippen LogP contribution is -2.38. The molecule has 2 heterocycles. The molecule has 0 aliphatic carbocycles. The number of nitrogens with zero attached hydrogens (tertiary/aromatic N) is 4. The standard InChI is InChI=1S/C21H19FN4O4/c1-13-17(3-2-4-18(13)26(28)29)21(27)25-11-9-15(10-12-25)20-23-19(24-30-20)14-5-7-16(22)8-6-14/h2-8,15H,9-12H2,1H3. The summed E-state index contributed by atoms with van der Waals surface area (Å²) in [5.74, 6) is 0.358. The smallest absolute Gasteiger partial charge is 0.273 e. The van der Waals surface area contributed by atoms with E-state index in [2.05, 4.69) is 10.1 Å². The highest BCUT2D eigenvalue weighted by Gasteiger charge is 2.29. The number of benzene rings is 2. The summed E-state index contributed by atoms with van der Waals surface area (Å²) in [6, 6.07) is 10.4. The van der Waals surface area contributed by atoms with Crippen molar-refractivity contribution in [2.75, 3.05) is 13.1 Å². The van der Waals surface area contributed by atoms with Crippen LogP contribution in [0.4, 0.5) is 10.1 Å².